The summed E-state index contributed by atoms with van der Waals surface area (Å²) in [4.78, 5) is 20.8. The van der Waals surface area contributed by atoms with Gasteiger partial charge in [-0.25, -0.2) is 4.99 Å². The summed E-state index contributed by atoms with van der Waals surface area (Å²) < 4.78 is 0. The zero-order chi connectivity index (χ0) is 17.4. The molecule has 6 nitrogen and oxygen atoms in total. The summed E-state index contributed by atoms with van der Waals surface area (Å²) in [6.07, 6.45) is 0.433. The molecule has 132 valence electrons. The number of rotatable bonds is 6. The molecule has 1 amide bonds. The van der Waals surface area contributed by atoms with Gasteiger partial charge in [0.1, 0.15) is 6.54 Å². The second-order valence-electron chi connectivity index (χ2n) is 5.95. The van der Waals surface area contributed by atoms with Gasteiger partial charge in [0.25, 0.3) is 0 Å². The molecule has 2 rings (SSSR count). The van der Waals surface area contributed by atoms with Crippen molar-refractivity contribution < 1.29 is 9.90 Å². The molecule has 0 saturated carbocycles. The zero-order valence-corrected chi connectivity index (χ0v) is 14.6. The van der Waals surface area contributed by atoms with Crippen LogP contribution in [0.4, 0.5) is 0 Å². The third kappa shape index (κ3) is 5.23. The summed E-state index contributed by atoms with van der Waals surface area (Å²) in [7, 11) is 0. The fourth-order valence-electron chi connectivity index (χ4n) is 2.78. The molecular formula is C18H28N4O2. The molecule has 1 aliphatic rings. The third-order valence-corrected chi connectivity index (χ3v) is 4.11. The Morgan fingerprint density at radius 3 is 2.71 bits per heavy atom. The van der Waals surface area contributed by atoms with E-state index in [1.54, 1.807) is 4.90 Å². The minimum atomic E-state index is -0.310. The highest BCUT2D eigenvalue weighted by atomic mass is 16.3. The van der Waals surface area contributed by atoms with Gasteiger partial charge in [-0.05, 0) is 25.8 Å². The van der Waals surface area contributed by atoms with E-state index in [9.17, 15) is 9.90 Å². The second-order valence-corrected chi connectivity index (χ2v) is 5.95. The van der Waals surface area contributed by atoms with E-state index in [1.807, 2.05) is 49.1 Å². The van der Waals surface area contributed by atoms with E-state index in [1.165, 1.54) is 0 Å². The highest BCUT2D eigenvalue weighted by molar-refractivity contribution is 5.85. The number of amides is 1. The molecule has 0 unspecified atom stereocenters. The first kappa shape index (κ1) is 18.3. The number of carbonyl (C=O) groups excluding carboxylic acids is 1. The topological polar surface area (TPSA) is 68.2 Å². The minimum absolute atomic E-state index is 0.0106. The van der Waals surface area contributed by atoms with Gasteiger partial charge < -0.3 is 20.2 Å². The van der Waals surface area contributed by atoms with Crippen LogP contribution in [0.25, 0.3) is 0 Å². The van der Waals surface area contributed by atoms with Crippen LogP contribution in [0.5, 0.6) is 0 Å². The molecule has 24 heavy (non-hydrogen) atoms. The molecule has 0 aliphatic carbocycles. The molecule has 1 aliphatic heterocycles. The summed E-state index contributed by atoms with van der Waals surface area (Å²) in [5, 5.41) is 12.9. The molecule has 0 radical (unpaired) electrons. The number of aliphatic hydroxyl groups excluding tert-OH is 1. The lowest BCUT2D eigenvalue weighted by Gasteiger charge is -2.23. The molecule has 0 bridgehead atoms. The molecular weight excluding hydrogens is 304 g/mol. The van der Waals surface area contributed by atoms with E-state index in [-0.39, 0.29) is 18.6 Å². The Labute approximate surface area is 144 Å². The zero-order valence-electron chi connectivity index (χ0n) is 14.6. The number of nitrogens with one attached hydrogen (secondary N) is 1. The van der Waals surface area contributed by atoms with Crippen molar-refractivity contribution in [2.24, 2.45) is 4.99 Å². The van der Waals surface area contributed by atoms with Crippen molar-refractivity contribution in [2.75, 3.05) is 32.7 Å². The van der Waals surface area contributed by atoms with Gasteiger partial charge in [0.15, 0.2) is 5.96 Å². The van der Waals surface area contributed by atoms with Crippen molar-refractivity contribution in [2.45, 2.75) is 32.9 Å². The Morgan fingerprint density at radius 1 is 1.38 bits per heavy atom. The summed E-state index contributed by atoms with van der Waals surface area (Å²) in [5.41, 5.74) is 1.12. The first-order valence-corrected chi connectivity index (χ1v) is 8.67. The number of benzene rings is 1. The van der Waals surface area contributed by atoms with E-state index < -0.39 is 0 Å². The maximum absolute atomic E-state index is 12.5. The number of likely N-dealkylation sites (tertiary alicyclic amines) is 1. The molecule has 1 saturated heterocycles. The van der Waals surface area contributed by atoms with Gasteiger partial charge in [-0.2, -0.15) is 0 Å². The maximum atomic E-state index is 12.5. The standard InChI is InChI=1S/C18H28N4O2/c1-3-19-18(22-11-10-16(23)14-22)20-12-17(24)21(4-2)13-15-8-6-5-7-9-15/h5-9,16,23H,3-4,10-14H2,1-2H3,(H,19,20)/t16-/m1/s1. The van der Waals surface area contributed by atoms with Crippen molar-refractivity contribution in [3.8, 4) is 0 Å². The lowest BCUT2D eigenvalue weighted by atomic mass is 10.2. The Balaban J connectivity index is 1.96. The largest absolute Gasteiger partial charge is 0.391 e. The summed E-state index contributed by atoms with van der Waals surface area (Å²) in [6, 6.07) is 9.98. The van der Waals surface area contributed by atoms with E-state index >= 15 is 0 Å². The van der Waals surface area contributed by atoms with E-state index in [0.29, 0.717) is 25.6 Å². The Morgan fingerprint density at radius 2 is 2.12 bits per heavy atom. The summed E-state index contributed by atoms with van der Waals surface area (Å²) >= 11 is 0. The lowest BCUT2D eigenvalue weighted by molar-refractivity contribution is -0.130. The monoisotopic (exact) mass is 332 g/mol. The van der Waals surface area contributed by atoms with Crippen LogP contribution in [-0.2, 0) is 11.3 Å². The number of likely N-dealkylation sites (N-methyl/N-ethyl adjacent to an activating group) is 1. The van der Waals surface area contributed by atoms with Crippen LogP contribution in [0.3, 0.4) is 0 Å². The highest BCUT2D eigenvalue weighted by Crippen LogP contribution is 2.09. The van der Waals surface area contributed by atoms with Crippen LogP contribution in [-0.4, -0.2) is 65.6 Å². The van der Waals surface area contributed by atoms with Crippen molar-refractivity contribution in [1.82, 2.24) is 15.1 Å². The molecule has 0 spiro atoms. The number of aliphatic hydroxyl groups is 1. The van der Waals surface area contributed by atoms with Gasteiger partial charge in [0.05, 0.1) is 6.10 Å². The molecule has 1 heterocycles. The summed E-state index contributed by atoms with van der Waals surface area (Å²) in [6.45, 7) is 7.43. The number of guanidine groups is 1. The van der Waals surface area contributed by atoms with Crippen LogP contribution in [0, 0.1) is 0 Å². The van der Waals surface area contributed by atoms with Crippen LogP contribution >= 0.6 is 0 Å². The van der Waals surface area contributed by atoms with E-state index in [0.717, 1.165) is 25.1 Å². The smallest absolute Gasteiger partial charge is 0.244 e. The molecule has 2 N–H and O–H groups in total. The van der Waals surface area contributed by atoms with Crippen molar-refractivity contribution in [3.05, 3.63) is 35.9 Å². The van der Waals surface area contributed by atoms with Gasteiger partial charge in [-0.15, -0.1) is 0 Å². The van der Waals surface area contributed by atoms with Crippen molar-refractivity contribution in [3.63, 3.8) is 0 Å². The SMILES string of the molecule is CCNC(=NCC(=O)N(CC)Cc1ccccc1)N1CC[C@@H](O)C1. The highest BCUT2D eigenvalue weighted by Gasteiger charge is 2.23. The van der Waals surface area contributed by atoms with Crippen LogP contribution in [0.15, 0.2) is 35.3 Å². The number of carbonyl (C=O) groups is 1. The first-order chi connectivity index (χ1) is 11.6. The average Bonchev–Trinajstić information content (AvgIpc) is 3.03. The van der Waals surface area contributed by atoms with Gasteiger partial charge in [0, 0.05) is 32.7 Å². The first-order valence-electron chi connectivity index (χ1n) is 8.67. The minimum Gasteiger partial charge on any atom is -0.391 e. The normalized spacial score (nSPS) is 17.9. The van der Waals surface area contributed by atoms with Crippen molar-refractivity contribution in [1.29, 1.82) is 0 Å². The van der Waals surface area contributed by atoms with Crippen LogP contribution < -0.4 is 5.32 Å². The van der Waals surface area contributed by atoms with E-state index in [2.05, 4.69) is 10.3 Å². The van der Waals surface area contributed by atoms with Gasteiger partial charge in [-0.1, -0.05) is 30.3 Å². The Kier molecular flexibility index (Phi) is 7.06. The average molecular weight is 332 g/mol. The Hall–Kier alpha value is -2.08. The molecule has 6 heteroatoms. The lowest BCUT2D eigenvalue weighted by Crippen LogP contribution is -2.41. The molecule has 1 atom stereocenters. The fraction of sp³-hybridized carbons (Fsp3) is 0.556. The maximum Gasteiger partial charge on any atom is 0.244 e. The second kappa shape index (κ2) is 9.27. The quantitative estimate of drug-likeness (QED) is 0.604. The van der Waals surface area contributed by atoms with E-state index in [4.69, 9.17) is 0 Å². The number of hydrogen-bond acceptors (Lipinski definition) is 3. The number of aliphatic imine (C=N–C) groups is 1. The molecule has 1 aromatic carbocycles. The van der Waals surface area contributed by atoms with Gasteiger partial charge in [0.2, 0.25) is 5.91 Å². The molecule has 1 aromatic rings. The van der Waals surface area contributed by atoms with Crippen LogP contribution in [0.1, 0.15) is 25.8 Å². The fourth-order valence-corrected chi connectivity index (χ4v) is 2.78. The third-order valence-electron chi connectivity index (χ3n) is 4.11. The predicted molar refractivity (Wildman–Crippen MR) is 95.7 cm³/mol. The van der Waals surface area contributed by atoms with Gasteiger partial charge in [-0.3, -0.25) is 4.79 Å². The molecule has 0 aromatic heterocycles. The van der Waals surface area contributed by atoms with Gasteiger partial charge >= 0.3 is 0 Å². The number of hydrogen-bond donors (Lipinski definition) is 2. The van der Waals surface area contributed by atoms with Crippen molar-refractivity contribution >= 4 is 11.9 Å². The Bertz CT molecular complexity index is 547. The number of nitrogens with zero attached hydrogens (tertiary/aromatic N) is 3. The number of β-amino-alcohol motifs (C(OH)–C–C–N with tert-alkyl or cyclic N) is 1. The summed E-state index contributed by atoms with van der Waals surface area (Å²) in [5.74, 6) is 0.717. The predicted octanol–water partition coefficient (Wildman–Crippen LogP) is 1.07. The molecule has 1 fully saturated rings. The van der Waals surface area contributed by atoms with Crippen LogP contribution in [0.2, 0.25) is 0 Å².